The number of hydrogen-bond donors (Lipinski definition) is 2. The normalized spacial score (nSPS) is 12.4. The number of carbonyl (C=O) groups excluding carboxylic acids is 1. The second kappa shape index (κ2) is 6.57. The Morgan fingerprint density at radius 2 is 2.00 bits per heavy atom. The predicted octanol–water partition coefficient (Wildman–Crippen LogP) is 2.09. The zero-order valence-corrected chi connectivity index (χ0v) is 12.4. The number of benzene rings is 1. The Morgan fingerprint density at radius 3 is 2.47 bits per heavy atom. The van der Waals surface area contributed by atoms with E-state index in [2.05, 4.69) is 25.2 Å². The maximum Gasteiger partial charge on any atom is 0.236 e. The molecular formula is C15H24N2O2. The van der Waals surface area contributed by atoms with Crippen LogP contribution < -0.4 is 15.8 Å². The largest absolute Gasteiger partial charge is 0.496 e. The second-order valence-corrected chi connectivity index (χ2v) is 5.18. The summed E-state index contributed by atoms with van der Waals surface area (Å²) in [4.78, 5) is 11.5. The Kier molecular flexibility index (Phi) is 5.36. The minimum absolute atomic E-state index is 0.138. The number of amides is 1. The van der Waals surface area contributed by atoms with E-state index in [-0.39, 0.29) is 5.91 Å². The van der Waals surface area contributed by atoms with Crippen LogP contribution in [0.1, 0.15) is 43.4 Å². The van der Waals surface area contributed by atoms with Crippen LogP contribution in [0.15, 0.2) is 12.1 Å². The fourth-order valence-electron chi connectivity index (χ4n) is 1.91. The smallest absolute Gasteiger partial charge is 0.236 e. The van der Waals surface area contributed by atoms with Crippen molar-refractivity contribution in [2.75, 3.05) is 7.11 Å². The van der Waals surface area contributed by atoms with Gasteiger partial charge in [0, 0.05) is 6.54 Å². The van der Waals surface area contributed by atoms with Crippen LogP contribution in [-0.2, 0) is 11.3 Å². The summed E-state index contributed by atoms with van der Waals surface area (Å²) >= 11 is 0. The van der Waals surface area contributed by atoms with Gasteiger partial charge in [0.2, 0.25) is 5.91 Å². The molecule has 1 atom stereocenters. The molecule has 0 spiro atoms. The third-order valence-corrected chi connectivity index (χ3v) is 3.18. The summed E-state index contributed by atoms with van der Waals surface area (Å²) in [6.45, 7) is 8.43. The van der Waals surface area contributed by atoms with Crippen molar-refractivity contribution in [1.29, 1.82) is 0 Å². The monoisotopic (exact) mass is 264 g/mol. The average molecular weight is 264 g/mol. The third-order valence-electron chi connectivity index (χ3n) is 3.18. The molecule has 0 saturated heterocycles. The number of methoxy groups -OCH3 is 1. The molecule has 1 aromatic rings. The quantitative estimate of drug-likeness (QED) is 0.856. The van der Waals surface area contributed by atoms with E-state index in [0.29, 0.717) is 12.5 Å². The fraction of sp³-hybridized carbons (Fsp3) is 0.533. The molecule has 0 aliphatic heterocycles. The highest BCUT2D eigenvalue weighted by Gasteiger charge is 2.12. The highest BCUT2D eigenvalue weighted by molar-refractivity contribution is 5.80. The van der Waals surface area contributed by atoms with Gasteiger partial charge in [-0.15, -0.1) is 0 Å². The molecule has 0 aromatic heterocycles. The molecule has 0 fully saturated rings. The van der Waals surface area contributed by atoms with Gasteiger partial charge in [0.05, 0.1) is 13.2 Å². The Morgan fingerprint density at radius 1 is 1.37 bits per heavy atom. The van der Waals surface area contributed by atoms with E-state index in [1.165, 1.54) is 0 Å². The first kappa shape index (κ1) is 15.5. The predicted molar refractivity (Wildman–Crippen MR) is 77.3 cm³/mol. The Balaban J connectivity index is 2.95. The molecule has 3 N–H and O–H groups in total. The summed E-state index contributed by atoms with van der Waals surface area (Å²) in [5.41, 5.74) is 8.88. The molecule has 0 radical (unpaired) electrons. The van der Waals surface area contributed by atoms with Crippen molar-refractivity contribution >= 4 is 5.91 Å². The first-order valence-electron chi connectivity index (χ1n) is 6.57. The van der Waals surface area contributed by atoms with Crippen LogP contribution in [0.5, 0.6) is 5.75 Å². The summed E-state index contributed by atoms with van der Waals surface area (Å²) in [6.07, 6.45) is 0. The zero-order valence-electron chi connectivity index (χ0n) is 12.4. The fourth-order valence-corrected chi connectivity index (χ4v) is 1.91. The Hall–Kier alpha value is -1.55. The van der Waals surface area contributed by atoms with Gasteiger partial charge < -0.3 is 15.8 Å². The van der Waals surface area contributed by atoms with Crippen molar-refractivity contribution < 1.29 is 9.53 Å². The third kappa shape index (κ3) is 3.96. The van der Waals surface area contributed by atoms with Gasteiger partial charge in [0.25, 0.3) is 0 Å². The molecule has 106 valence electrons. The molecule has 0 bridgehead atoms. The standard InChI is InChI=1S/C15H24N2O2/c1-9(2)13-7-12(8-17-15(18)11(4)16)10(3)6-14(13)19-5/h6-7,9,11H,8,16H2,1-5H3,(H,17,18). The minimum Gasteiger partial charge on any atom is -0.496 e. The SMILES string of the molecule is COc1cc(C)c(CNC(=O)C(C)N)cc1C(C)C. The van der Waals surface area contributed by atoms with Gasteiger partial charge in [-0.05, 0) is 48.6 Å². The van der Waals surface area contributed by atoms with Gasteiger partial charge in [0.15, 0.2) is 0 Å². The lowest BCUT2D eigenvalue weighted by Gasteiger charge is -2.17. The lowest BCUT2D eigenvalue weighted by molar-refractivity contribution is -0.122. The molecule has 4 nitrogen and oxygen atoms in total. The van der Waals surface area contributed by atoms with Crippen molar-refractivity contribution in [2.45, 2.75) is 46.2 Å². The number of nitrogens with one attached hydrogen (secondary N) is 1. The average Bonchev–Trinajstić information content (AvgIpc) is 2.35. The number of aryl methyl sites for hydroxylation is 1. The highest BCUT2D eigenvalue weighted by atomic mass is 16.5. The Bertz CT molecular complexity index is 454. The van der Waals surface area contributed by atoms with Crippen molar-refractivity contribution in [3.8, 4) is 5.75 Å². The molecule has 0 aliphatic carbocycles. The van der Waals surface area contributed by atoms with E-state index in [1.54, 1.807) is 14.0 Å². The van der Waals surface area contributed by atoms with Crippen LogP contribution in [0.2, 0.25) is 0 Å². The molecule has 1 rings (SSSR count). The zero-order chi connectivity index (χ0) is 14.6. The van der Waals surface area contributed by atoms with E-state index in [0.717, 1.165) is 22.4 Å². The molecule has 4 heteroatoms. The second-order valence-electron chi connectivity index (χ2n) is 5.18. The Labute approximate surface area is 115 Å². The molecule has 1 unspecified atom stereocenters. The van der Waals surface area contributed by atoms with E-state index in [4.69, 9.17) is 10.5 Å². The molecular weight excluding hydrogens is 240 g/mol. The van der Waals surface area contributed by atoms with Gasteiger partial charge in [-0.25, -0.2) is 0 Å². The topological polar surface area (TPSA) is 64.3 Å². The van der Waals surface area contributed by atoms with Crippen LogP contribution in [0, 0.1) is 6.92 Å². The summed E-state index contributed by atoms with van der Waals surface area (Å²) < 4.78 is 5.40. The number of hydrogen-bond acceptors (Lipinski definition) is 3. The first-order valence-corrected chi connectivity index (χ1v) is 6.57. The molecule has 0 aliphatic rings. The summed E-state index contributed by atoms with van der Waals surface area (Å²) in [5, 5.41) is 2.84. The first-order chi connectivity index (χ1) is 8.86. The van der Waals surface area contributed by atoms with Crippen molar-refractivity contribution in [3.05, 3.63) is 28.8 Å². The van der Waals surface area contributed by atoms with E-state index < -0.39 is 6.04 Å². The lowest BCUT2D eigenvalue weighted by Crippen LogP contribution is -2.37. The summed E-state index contributed by atoms with van der Waals surface area (Å²) in [6, 6.07) is 3.63. The number of ether oxygens (including phenoxy) is 1. The lowest BCUT2D eigenvalue weighted by atomic mass is 9.96. The van der Waals surface area contributed by atoms with Gasteiger partial charge >= 0.3 is 0 Å². The molecule has 1 aromatic carbocycles. The molecule has 0 heterocycles. The van der Waals surface area contributed by atoms with Gasteiger partial charge in [-0.3, -0.25) is 4.79 Å². The number of rotatable bonds is 5. The van der Waals surface area contributed by atoms with Crippen molar-refractivity contribution in [2.24, 2.45) is 5.73 Å². The summed E-state index contributed by atoms with van der Waals surface area (Å²) in [5.74, 6) is 1.13. The maximum atomic E-state index is 11.5. The minimum atomic E-state index is -0.483. The molecule has 0 saturated carbocycles. The number of carbonyl (C=O) groups is 1. The van der Waals surface area contributed by atoms with Gasteiger partial charge in [0.1, 0.15) is 5.75 Å². The van der Waals surface area contributed by atoms with Crippen LogP contribution in [-0.4, -0.2) is 19.1 Å². The highest BCUT2D eigenvalue weighted by Crippen LogP contribution is 2.29. The van der Waals surface area contributed by atoms with Crippen molar-refractivity contribution in [3.63, 3.8) is 0 Å². The van der Waals surface area contributed by atoms with E-state index in [1.807, 2.05) is 13.0 Å². The van der Waals surface area contributed by atoms with Crippen LogP contribution >= 0.6 is 0 Å². The van der Waals surface area contributed by atoms with Gasteiger partial charge in [-0.1, -0.05) is 13.8 Å². The van der Waals surface area contributed by atoms with E-state index >= 15 is 0 Å². The maximum absolute atomic E-state index is 11.5. The van der Waals surface area contributed by atoms with Crippen LogP contribution in [0.3, 0.4) is 0 Å². The summed E-state index contributed by atoms with van der Waals surface area (Å²) in [7, 11) is 1.68. The van der Waals surface area contributed by atoms with Gasteiger partial charge in [-0.2, -0.15) is 0 Å². The molecule has 19 heavy (non-hydrogen) atoms. The molecule has 1 amide bonds. The van der Waals surface area contributed by atoms with Crippen LogP contribution in [0.4, 0.5) is 0 Å². The van der Waals surface area contributed by atoms with Crippen molar-refractivity contribution in [1.82, 2.24) is 5.32 Å². The van der Waals surface area contributed by atoms with Crippen LogP contribution in [0.25, 0.3) is 0 Å². The van der Waals surface area contributed by atoms with E-state index in [9.17, 15) is 4.79 Å². The number of nitrogens with two attached hydrogens (primary N) is 1.